The van der Waals surface area contributed by atoms with E-state index in [1.54, 1.807) is 0 Å². The molecular weight excluding hydrogens is 220 g/mol. The molecule has 1 aromatic carbocycles. The average Bonchev–Trinajstić information content (AvgIpc) is 2.38. The molecule has 0 fully saturated rings. The van der Waals surface area contributed by atoms with Crippen molar-refractivity contribution in [2.75, 3.05) is 27.2 Å². The Labute approximate surface area is 112 Å². The van der Waals surface area contributed by atoms with Crippen molar-refractivity contribution in [3.8, 4) is 0 Å². The van der Waals surface area contributed by atoms with Crippen molar-refractivity contribution in [3.05, 3.63) is 35.9 Å². The molecule has 1 atom stereocenters. The van der Waals surface area contributed by atoms with E-state index >= 15 is 0 Å². The Morgan fingerprint density at radius 2 is 1.78 bits per heavy atom. The van der Waals surface area contributed by atoms with Crippen molar-refractivity contribution in [3.63, 3.8) is 0 Å². The first-order chi connectivity index (χ1) is 8.72. The van der Waals surface area contributed by atoms with Gasteiger partial charge in [0.05, 0.1) is 0 Å². The van der Waals surface area contributed by atoms with Crippen molar-refractivity contribution in [1.82, 2.24) is 4.90 Å². The van der Waals surface area contributed by atoms with Gasteiger partial charge in [-0.3, -0.25) is 0 Å². The molecule has 1 rings (SSSR count). The van der Waals surface area contributed by atoms with E-state index in [4.69, 9.17) is 5.73 Å². The second kappa shape index (κ2) is 9.12. The Morgan fingerprint density at radius 3 is 2.39 bits per heavy atom. The summed E-state index contributed by atoms with van der Waals surface area (Å²) in [5.41, 5.74) is 7.29. The zero-order chi connectivity index (χ0) is 13.2. The standard InChI is InChI=1S/C16H28N2/c1-18(2)12-8-4-7-11-16(14-17)13-15-9-5-3-6-10-15/h3,5-6,9-10,16H,4,7-8,11-14,17H2,1-2H3. The molecule has 2 heteroatoms. The number of nitrogens with zero attached hydrogens (tertiary/aromatic N) is 1. The lowest BCUT2D eigenvalue weighted by Crippen LogP contribution is -2.17. The summed E-state index contributed by atoms with van der Waals surface area (Å²) in [5.74, 6) is 0.645. The van der Waals surface area contributed by atoms with Crippen LogP contribution in [0.4, 0.5) is 0 Å². The van der Waals surface area contributed by atoms with E-state index in [0.717, 1.165) is 13.0 Å². The molecule has 1 unspecified atom stereocenters. The van der Waals surface area contributed by atoms with Crippen molar-refractivity contribution in [2.45, 2.75) is 32.1 Å². The molecule has 0 saturated carbocycles. The molecule has 0 aromatic heterocycles. The van der Waals surface area contributed by atoms with E-state index in [1.165, 1.54) is 37.8 Å². The Hall–Kier alpha value is -0.860. The zero-order valence-electron chi connectivity index (χ0n) is 11.9. The number of nitrogens with two attached hydrogens (primary N) is 1. The van der Waals surface area contributed by atoms with Gasteiger partial charge in [0.15, 0.2) is 0 Å². The molecule has 1 aromatic rings. The summed E-state index contributed by atoms with van der Waals surface area (Å²) < 4.78 is 0. The van der Waals surface area contributed by atoms with Crippen LogP contribution in [-0.2, 0) is 6.42 Å². The molecule has 2 N–H and O–H groups in total. The molecule has 0 radical (unpaired) electrons. The second-order valence-electron chi connectivity index (χ2n) is 5.44. The van der Waals surface area contributed by atoms with Gasteiger partial charge >= 0.3 is 0 Å². The maximum absolute atomic E-state index is 5.88. The topological polar surface area (TPSA) is 29.3 Å². The number of unbranched alkanes of at least 4 members (excludes halogenated alkanes) is 2. The number of hydrogen-bond acceptors (Lipinski definition) is 2. The third-order valence-electron chi connectivity index (χ3n) is 3.42. The summed E-state index contributed by atoms with van der Waals surface area (Å²) in [6, 6.07) is 10.7. The van der Waals surface area contributed by atoms with Crippen molar-refractivity contribution in [1.29, 1.82) is 0 Å². The summed E-state index contributed by atoms with van der Waals surface area (Å²) in [5, 5.41) is 0. The molecular formula is C16H28N2. The van der Waals surface area contributed by atoms with Gasteiger partial charge in [-0.15, -0.1) is 0 Å². The van der Waals surface area contributed by atoms with Gasteiger partial charge in [-0.1, -0.05) is 43.2 Å². The van der Waals surface area contributed by atoms with Gasteiger partial charge in [-0.2, -0.15) is 0 Å². The molecule has 2 nitrogen and oxygen atoms in total. The lowest BCUT2D eigenvalue weighted by molar-refractivity contribution is 0.381. The third kappa shape index (κ3) is 6.77. The van der Waals surface area contributed by atoms with Crippen LogP contribution >= 0.6 is 0 Å². The molecule has 18 heavy (non-hydrogen) atoms. The quantitative estimate of drug-likeness (QED) is 0.681. The van der Waals surface area contributed by atoms with E-state index in [0.29, 0.717) is 5.92 Å². The fourth-order valence-corrected chi connectivity index (χ4v) is 2.29. The highest BCUT2D eigenvalue weighted by molar-refractivity contribution is 5.15. The zero-order valence-corrected chi connectivity index (χ0v) is 11.9. The predicted octanol–water partition coefficient (Wildman–Crippen LogP) is 2.93. The van der Waals surface area contributed by atoms with E-state index < -0.39 is 0 Å². The second-order valence-corrected chi connectivity index (χ2v) is 5.44. The van der Waals surface area contributed by atoms with E-state index in [-0.39, 0.29) is 0 Å². The maximum atomic E-state index is 5.88. The normalized spacial score (nSPS) is 12.9. The number of rotatable bonds is 9. The van der Waals surface area contributed by atoms with Crippen LogP contribution in [0.1, 0.15) is 31.2 Å². The fraction of sp³-hybridized carbons (Fsp3) is 0.625. The number of benzene rings is 1. The summed E-state index contributed by atoms with van der Waals surface area (Å²) in [6.07, 6.45) is 6.32. The van der Waals surface area contributed by atoms with E-state index in [9.17, 15) is 0 Å². The van der Waals surface area contributed by atoms with Crippen LogP contribution in [0.15, 0.2) is 30.3 Å². The lowest BCUT2D eigenvalue weighted by Gasteiger charge is -2.15. The fourth-order valence-electron chi connectivity index (χ4n) is 2.29. The summed E-state index contributed by atoms with van der Waals surface area (Å²) in [4.78, 5) is 2.25. The lowest BCUT2D eigenvalue weighted by atomic mass is 9.94. The van der Waals surface area contributed by atoms with Crippen LogP contribution in [-0.4, -0.2) is 32.1 Å². The van der Waals surface area contributed by atoms with Crippen LogP contribution < -0.4 is 5.73 Å². The molecule has 0 amide bonds. The molecule has 0 aliphatic rings. The van der Waals surface area contributed by atoms with Crippen LogP contribution in [0.5, 0.6) is 0 Å². The Bertz CT molecular complexity index is 295. The van der Waals surface area contributed by atoms with Crippen LogP contribution in [0.2, 0.25) is 0 Å². The average molecular weight is 248 g/mol. The third-order valence-corrected chi connectivity index (χ3v) is 3.42. The van der Waals surface area contributed by atoms with Gasteiger partial charge in [-0.25, -0.2) is 0 Å². The first-order valence-corrected chi connectivity index (χ1v) is 7.11. The minimum Gasteiger partial charge on any atom is -0.330 e. The van der Waals surface area contributed by atoms with Crippen molar-refractivity contribution in [2.24, 2.45) is 11.7 Å². The molecule has 0 aliphatic carbocycles. The SMILES string of the molecule is CN(C)CCCCCC(CN)Cc1ccccc1. The first-order valence-electron chi connectivity index (χ1n) is 7.11. The minimum atomic E-state index is 0.645. The van der Waals surface area contributed by atoms with Gasteiger partial charge in [-0.05, 0) is 57.9 Å². The molecule has 0 heterocycles. The highest BCUT2D eigenvalue weighted by atomic mass is 15.0. The van der Waals surface area contributed by atoms with E-state index in [2.05, 4.69) is 49.3 Å². The molecule has 0 bridgehead atoms. The Balaban J connectivity index is 2.18. The van der Waals surface area contributed by atoms with Crippen LogP contribution in [0.3, 0.4) is 0 Å². The molecule has 0 spiro atoms. The highest BCUT2D eigenvalue weighted by Crippen LogP contribution is 2.15. The van der Waals surface area contributed by atoms with Gasteiger partial charge < -0.3 is 10.6 Å². The van der Waals surface area contributed by atoms with Gasteiger partial charge in [0.1, 0.15) is 0 Å². The largest absolute Gasteiger partial charge is 0.330 e. The van der Waals surface area contributed by atoms with Gasteiger partial charge in [0.25, 0.3) is 0 Å². The Morgan fingerprint density at radius 1 is 1.06 bits per heavy atom. The van der Waals surface area contributed by atoms with Gasteiger partial charge in [0.2, 0.25) is 0 Å². The summed E-state index contributed by atoms with van der Waals surface area (Å²) >= 11 is 0. The maximum Gasteiger partial charge on any atom is -0.00248 e. The Kier molecular flexibility index (Phi) is 7.70. The first kappa shape index (κ1) is 15.2. The smallest absolute Gasteiger partial charge is 0.00248 e. The van der Waals surface area contributed by atoms with Gasteiger partial charge in [0, 0.05) is 0 Å². The summed E-state index contributed by atoms with van der Waals surface area (Å²) in [7, 11) is 4.27. The monoisotopic (exact) mass is 248 g/mol. The van der Waals surface area contributed by atoms with Crippen LogP contribution in [0, 0.1) is 5.92 Å². The predicted molar refractivity (Wildman–Crippen MR) is 79.7 cm³/mol. The molecule has 102 valence electrons. The highest BCUT2D eigenvalue weighted by Gasteiger charge is 2.07. The van der Waals surface area contributed by atoms with Crippen molar-refractivity contribution >= 4 is 0 Å². The molecule has 0 saturated heterocycles. The molecule has 0 aliphatic heterocycles. The number of hydrogen-bond donors (Lipinski definition) is 1. The van der Waals surface area contributed by atoms with Crippen molar-refractivity contribution < 1.29 is 0 Å². The van der Waals surface area contributed by atoms with E-state index in [1.807, 2.05) is 0 Å². The van der Waals surface area contributed by atoms with Crippen LogP contribution in [0.25, 0.3) is 0 Å². The minimum absolute atomic E-state index is 0.645. The summed E-state index contributed by atoms with van der Waals surface area (Å²) in [6.45, 7) is 2.01.